The van der Waals surface area contributed by atoms with Crippen molar-refractivity contribution in [3.63, 3.8) is 0 Å². The largest absolute Gasteiger partial charge is 0.391 e. The molecule has 2 aliphatic heterocycles. The predicted octanol–water partition coefficient (Wildman–Crippen LogP) is 2.77. The molecule has 2 aliphatic rings. The minimum Gasteiger partial charge on any atom is -0.391 e. The van der Waals surface area contributed by atoms with Crippen LogP contribution in [-0.2, 0) is 4.84 Å². The van der Waals surface area contributed by atoms with E-state index in [9.17, 15) is 9.18 Å². The van der Waals surface area contributed by atoms with Gasteiger partial charge in [-0.3, -0.25) is 4.79 Å². The van der Waals surface area contributed by atoms with Gasteiger partial charge in [0.1, 0.15) is 22.9 Å². The third kappa shape index (κ3) is 3.15. The van der Waals surface area contributed by atoms with E-state index in [0.717, 1.165) is 24.3 Å². The zero-order chi connectivity index (χ0) is 18.1. The molecule has 1 N–H and O–H groups in total. The molecule has 1 atom stereocenters. The minimum atomic E-state index is -0.288. The van der Waals surface area contributed by atoms with Crippen LogP contribution in [0.2, 0.25) is 0 Å². The molecule has 8 heteroatoms. The summed E-state index contributed by atoms with van der Waals surface area (Å²) in [6.07, 6.45) is 5.12. The molecular weight excluding hydrogens is 339 g/mol. The Labute approximate surface area is 149 Å². The van der Waals surface area contributed by atoms with E-state index in [1.165, 1.54) is 18.3 Å². The standard InChI is InChI=1S/C18H19FN4O3/c1-12-16(9-20-25-12)18(24)22-8-2-3-13(10-22)17-11-23(21-26-17)15-6-4-14(19)5-7-15/h4-7,9,11,13,21H,2-3,8,10H2,1H3/t13-/m0/s1. The molecule has 0 radical (unpaired) electrons. The molecule has 7 nitrogen and oxygen atoms in total. The maximum absolute atomic E-state index is 13.1. The molecule has 0 bridgehead atoms. The first-order valence-electron chi connectivity index (χ1n) is 8.51. The van der Waals surface area contributed by atoms with Crippen molar-refractivity contribution in [2.24, 2.45) is 5.92 Å². The number of aryl methyl sites for hydroxylation is 1. The molecule has 3 heterocycles. The number of amides is 1. The normalized spacial score (nSPS) is 20.1. The van der Waals surface area contributed by atoms with Crippen molar-refractivity contribution >= 4 is 11.6 Å². The van der Waals surface area contributed by atoms with Crippen LogP contribution in [0.3, 0.4) is 0 Å². The molecule has 0 saturated carbocycles. The van der Waals surface area contributed by atoms with Crippen LogP contribution in [0.1, 0.15) is 29.0 Å². The molecule has 1 saturated heterocycles. The van der Waals surface area contributed by atoms with Crippen molar-refractivity contribution in [3.8, 4) is 0 Å². The smallest absolute Gasteiger partial charge is 0.259 e. The van der Waals surface area contributed by atoms with Crippen molar-refractivity contribution < 1.29 is 18.5 Å². The lowest BCUT2D eigenvalue weighted by atomic mass is 9.95. The third-order valence-electron chi connectivity index (χ3n) is 4.72. The molecule has 1 aromatic heterocycles. The summed E-state index contributed by atoms with van der Waals surface area (Å²) in [5.74, 6) is 1.01. The van der Waals surface area contributed by atoms with Gasteiger partial charge in [0, 0.05) is 19.0 Å². The average molecular weight is 358 g/mol. The number of halogens is 1. The number of benzene rings is 1. The fraction of sp³-hybridized carbons (Fsp3) is 0.333. The topological polar surface area (TPSA) is 70.8 Å². The number of nitrogens with zero attached hydrogens (tertiary/aromatic N) is 3. The van der Waals surface area contributed by atoms with Gasteiger partial charge >= 0.3 is 0 Å². The molecule has 1 aromatic carbocycles. The first-order chi connectivity index (χ1) is 12.6. The second-order valence-electron chi connectivity index (χ2n) is 6.46. The summed E-state index contributed by atoms with van der Waals surface area (Å²) in [4.78, 5) is 20.1. The average Bonchev–Trinajstić information content (AvgIpc) is 3.31. The number of rotatable bonds is 3. The van der Waals surface area contributed by atoms with Crippen LogP contribution in [0.15, 0.2) is 46.9 Å². The van der Waals surface area contributed by atoms with Crippen LogP contribution >= 0.6 is 0 Å². The lowest BCUT2D eigenvalue weighted by Crippen LogP contribution is -2.40. The first kappa shape index (κ1) is 16.6. The van der Waals surface area contributed by atoms with Gasteiger partial charge in [0.15, 0.2) is 0 Å². The Kier molecular flexibility index (Phi) is 4.34. The van der Waals surface area contributed by atoms with Gasteiger partial charge in [-0.2, -0.15) is 0 Å². The number of carbonyl (C=O) groups excluding carboxylic acids is 1. The van der Waals surface area contributed by atoms with E-state index in [2.05, 4.69) is 10.7 Å². The van der Waals surface area contributed by atoms with Crippen LogP contribution in [-0.4, -0.2) is 29.1 Å². The SMILES string of the molecule is Cc1oncc1C(=O)N1CCC[C@H](C2=CN(c3ccc(F)cc3)NO2)C1. The number of piperidine rings is 1. The number of hydrazine groups is 1. The van der Waals surface area contributed by atoms with Gasteiger partial charge in [0.25, 0.3) is 5.91 Å². The van der Waals surface area contributed by atoms with Crippen LogP contribution in [0.5, 0.6) is 0 Å². The zero-order valence-electron chi connectivity index (χ0n) is 14.3. The van der Waals surface area contributed by atoms with E-state index >= 15 is 0 Å². The molecule has 1 fully saturated rings. The van der Waals surface area contributed by atoms with Gasteiger partial charge in [-0.1, -0.05) is 10.7 Å². The predicted molar refractivity (Wildman–Crippen MR) is 91.1 cm³/mol. The number of hydrogen-bond donors (Lipinski definition) is 1. The number of carbonyl (C=O) groups is 1. The molecule has 0 aliphatic carbocycles. The van der Waals surface area contributed by atoms with Crippen LogP contribution in [0.25, 0.3) is 0 Å². The van der Waals surface area contributed by atoms with E-state index < -0.39 is 0 Å². The summed E-state index contributed by atoms with van der Waals surface area (Å²) in [7, 11) is 0. The summed E-state index contributed by atoms with van der Waals surface area (Å²) in [6.45, 7) is 2.99. The maximum atomic E-state index is 13.1. The van der Waals surface area contributed by atoms with Gasteiger partial charge in [0.05, 0.1) is 18.1 Å². The number of anilines is 1. The zero-order valence-corrected chi connectivity index (χ0v) is 14.3. The van der Waals surface area contributed by atoms with E-state index in [0.29, 0.717) is 24.4 Å². The van der Waals surface area contributed by atoms with Crippen molar-refractivity contribution in [1.82, 2.24) is 15.6 Å². The summed E-state index contributed by atoms with van der Waals surface area (Å²) < 4.78 is 18.1. The summed E-state index contributed by atoms with van der Waals surface area (Å²) in [5.41, 5.74) is 4.08. The molecular formula is C18H19FN4O3. The van der Waals surface area contributed by atoms with E-state index in [-0.39, 0.29) is 17.6 Å². The third-order valence-corrected chi connectivity index (χ3v) is 4.72. The summed E-state index contributed by atoms with van der Waals surface area (Å²) in [6, 6.07) is 6.11. The Bertz CT molecular complexity index is 833. The van der Waals surface area contributed by atoms with Crippen molar-refractivity contribution in [3.05, 3.63) is 59.6 Å². The number of hydrogen-bond acceptors (Lipinski definition) is 6. The lowest BCUT2D eigenvalue weighted by Gasteiger charge is -2.32. The number of nitrogens with one attached hydrogen (secondary N) is 1. The fourth-order valence-electron chi connectivity index (χ4n) is 3.27. The second-order valence-corrected chi connectivity index (χ2v) is 6.46. The molecule has 1 amide bonds. The van der Waals surface area contributed by atoms with Crippen molar-refractivity contribution in [2.45, 2.75) is 19.8 Å². The Morgan fingerprint density at radius 2 is 2.15 bits per heavy atom. The van der Waals surface area contributed by atoms with Gasteiger partial charge in [-0.25, -0.2) is 9.40 Å². The van der Waals surface area contributed by atoms with E-state index in [4.69, 9.17) is 9.36 Å². The molecule has 136 valence electrons. The first-order valence-corrected chi connectivity index (χ1v) is 8.51. The minimum absolute atomic E-state index is 0.0737. The molecule has 4 rings (SSSR count). The highest BCUT2D eigenvalue weighted by atomic mass is 19.1. The van der Waals surface area contributed by atoms with Crippen molar-refractivity contribution in [1.29, 1.82) is 0 Å². The monoisotopic (exact) mass is 358 g/mol. The Hall–Kier alpha value is -2.87. The van der Waals surface area contributed by atoms with Crippen LogP contribution in [0, 0.1) is 18.7 Å². The lowest BCUT2D eigenvalue weighted by molar-refractivity contribution is 0.0576. The quantitative estimate of drug-likeness (QED) is 0.910. The molecule has 2 aromatic rings. The number of likely N-dealkylation sites (tertiary alicyclic amines) is 1. The van der Waals surface area contributed by atoms with Crippen molar-refractivity contribution in [2.75, 3.05) is 18.1 Å². The highest BCUT2D eigenvalue weighted by molar-refractivity contribution is 5.94. The van der Waals surface area contributed by atoms with Crippen LogP contribution in [0.4, 0.5) is 10.1 Å². The Morgan fingerprint density at radius 1 is 1.35 bits per heavy atom. The highest BCUT2D eigenvalue weighted by Gasteiger charge is 2.31. The van der Waals surface area contributed by atoms with E-state index in [1.807, 2.05) is 6.20 Å². The Morgan fingerprint density at radius 3 is 2.88 bits per heavy atom. The second kappa shape index (κ2) is 6.80. The Balaban J connectivity index is 1.46. The maximum Gasteiger partial charge on any atom is 0.259 e. The molecule has 26 heavy (non-hydrogen) atoms. The molecule has 0 spiro atoms. The fourth-order valence-corrected chi connectivity index (χ4v) is 3.27. The molecule has 0 unspecified atom stereocenters. The van der Waals surface area contributed by atoms with Gasteiger partial charge in [-0.05, 0) is 44.0 Å². The summed E-state index contributed by atoms with van der Waals surface area (Å²) >= 11 is 0. The van der Waals surface area contributed by atoms with Gasteiger partial charge in [-0.15, -0.1) is 0 Å². The van der Waals surface area contributed by atoms with E-state index in [1.54, 1.807) is 29.0 Å². The van der Waals surface area contributed by atoms with Crippen LogP contribution < -0.4 is 10.6 Å². The highest BCUT2D eigenvalue weighted by Crippen LogP contribution is 2.29. The van der Waals surface area contributed by atoms with Gasteiger partial charge in [0.2, 0.25) is 0 Å². The summed E-state index contributed by atoms with van der Waals surface area (Å²) in [5, 5.41) is 5.38. The van der Waals surface area contributed by atoms with Gasteiger partial charge < -0.3 is 14.3 Å². The number of aromatic nitrogens is 1.